The van der Waals surface area contributed by atoms with Crippen LogP contribution < -0.4 is 4.67 Å². The molecule has 0 saturated carbocycles. The lowest BCUT2D eigenvalue weighted by Crippen LogP contribution is -1.85. The van der Waals surface area contributed by atoms with Crippen LogP contribution in [0.4, 0.5) is 0 Å². The van der Waals surface area contributed by atoms with Crippen LogP contribution in [0.25, 0.3) is 0 Å². The van der Waals surface area contributed by atoms with Crippen molar-refractivity contribution in [3.8, 4) is 0 Å². The van der Waals surface area contributed by atoms with Crippen LogP contribution in [0.3, 0.4) is 0 Å². The predicted molar refractivity (Wildman–Crippen MR) is 29.5 cm³/mol. The van der Waals surface area contributed by atoms with Gasteiger partial charge in [-0.2, -0.15) is 0 Å². The molecule has 1 aromatic heterocycles. The van der Waals surface area contributed by atoms with Gasteiger partial charge in [-0.15, -0.1) is 0 Å². The molecule has 0 bridgehead atoms. The fourth-order valence-electron chi connectivity index (χ4n) is 0.241. The van der Waals surface area contributed by atoms with Crippen molar-refractivity contribution in [2.45, 2.75) is 0 Å². The zero-order chi connectivity index (χ0) is 5.11. The van der Waals surface area contributed by atoms with Crippen LogP contribution in [-0.2, 0) is 0 Å². The molecule has 0 fully saturated rings. The lowest BCUT2D eigenvalue weighted by Gasteiger charge is -1.60. The van der Waals surface area contributed by atoms with E-state index in [0.717, 1.165) is 0 Å². The molecule has 0 aliphatic heterocycles. The van der Waals surface area contributed by atoms with E-state index in [1.807, 2.05) is 5.38 Å². The summed E-state index contributed by atoms with van der Waals surface area (Å²) in [5.74, 6) is 0. The molecular weight excluding hydrogens is 130 g/mol. The largest absolute Gasteiger partial charge is 0.410 e. The summed E-state index contributed by atoms with van der Waals surface area (Å²) in [6, 6.07) is 1.76. The Labute approximate surface area is 47.7 Å². The Morgan fingerprint density at radius 1 is 1.71 bits per heavy atom. The molecule has 1 heterocycles. The zero-order valence-corrected chi connectivity index (χ0v) is 5.00. The summed E-state index contributed by atoms with van der Waals surface area (Å²) in [4.78, 5) is 0. The van der Waals surface area contributed by atoms with Gasteiger partial charge in [0, 0.05) is 5.38 Å². The molecule has 7 heavy (non-hydrogen) atoms. The molecule has 0 aromatic carbocycles. The molecule has 0 unspecified atom stereocenters. The second kappa shape index (κ2) is 2.09. The maximum absolute atomic E-state index is 8.07. The van der Waals surface area contributed by atoms with Gasteiger partial charge in [-0.25, -0.2) is 0 Å². The smallest absolute Gasteiger partial charge is 0.166 e. The van der Waals surface area contributed by atoms with Crippen LogP contribution >= 0.6 is 20.7 Å². The van der Waals surface area contributed by atoms with E-state index in [1.54, 1.807) is 16.4 Å². The highest BCUT2D eigenvalue weighted by Crippen LogP contribution is 1.96. The average Bonchev–Trinajstić information content (AvgIpc) is 2.14. The van der Waals surface area contributed by atoms with E-state index >= 15 is 0 Å². The van der Waals surface area contributed by atoms with Gasteiger partial charge in [-0.05, 0) is 6.07 Å². The van der Waals surface area contributed by atoms with Crippen LogP contribution in [0.15, 0.2) is 16.6 Å². The van der Waals surface area contributed by atoms with E-state index in [2.05, 4.69) is 5.16 Å². The van der Waals surface area contributed by atoms with E-state index < -0.39 is 0 Å². The topological polar surface area (TPSA) is 32.6 Å². The molecule has 2 nitrogen and oxygen atoms in total. The quantitative estimate of drug-likeness (QED) is 0.321. The van der Waals surface area contributed by atoms with Gasteiger partial charge in [-0.3, -0.25) is 0 Å². The van der Waals surface area contributed by atoms with E-state index in [-0.39, 0.29) is 0 Å². The van der Waals surface area contributed by atoms with Gasteiger partial charge in [0.05, 0.1) is 0 Å². The summed E-state index contributed by atoms with van der Waals surface area (Å²) in [6.07, 6.45) is 0. The second-order valence-corrected chi connectivity index (χ2v) is 3.05. The summed E-state index contributed by atoms with van der Waals surface area (Å²) in [5.41, 5.74) is 0. The Kier molecular flexibility index (Phi) is 1.43. The number of hydrogen-bond acceptors (Lipinski definition) is 4. The molecule has 0 aliphatic rings. The minimum Gasteiger partial charge on any atom is -0.410 e. The molecule has 38 valence electrons. The fraction of sp³-hybridized carbons (Fsp3) is 0. The molecule has 0 radical (unpaired) electrons. The van der Waals surface area contributed by atoms with Crippen molar-refractivity contribution < 1.29 is 5.21 Å². The van der Waals surface area contributed by atoms with Crippen molar-refractivity contribution in [1.82, 2.24) is 0 Å². The maximum Gasteiger partial charge on any atom is 0.166 e. The highest BCUT2D eigenvalue weighted by atomic mass is 32.9. The first-order chi connectivity index (χ1) is 3.43. The van der Waals surface area contributed by atoms with E-state index in [1.165, 1.54) is 10.3 Å². The first-order valence-corrected chi connectivity index (χ1v) is 3.87. The number of nitrogens with zero attached hydrogens (tertiary/aromatic N) is 1. The van der Waals surface area contributed by atoms with Gasteiger partial charge in [0.15, 0.2) is 4.67 Å². The average molecular weight is 133 g/mol. The highest BCUT2D eigenvalue weighted by molar-refractivity contribution is 7.67. The number of hydrogen-bond donors (Lipinski definition) is 1. The monoisotopic (exact) mass is 133 g/mol. The van der Waals surface area contributed by atoms with Crippen LogP contribution in [0.2, 0.25) is 0 Å². The van der Waals surface area contributed by atoms with Crippen LogP contribution in [-0.4, -0.2) is 5.21 Å². The Balaban J connectivity index is 3.22. The van der Waals surface area contributed by atoms with Gasteiger partial charge >= 0.3 is 0 Å². The van der Waals surface area contributed by atoms with Crippen LogP contribution in [0, 0.1) is 0 Å². The molecule has 1 aromatic rings. The first kappa shape index (κ1) is 4.80. The lowest BCUT2D eigenvalue weighted by molar-refractivity contribution is 0.304. The zero-order valence-electron chi connectivity index (χ0n) is 3.37. The lowest BCUT2D eigenvalue weighted by atomic mass is 10.8. The standard InChI is InChI=1S/C3H3NOS2/c5-4-3-1-2-6-7-3/h1-2,5H/b4-3+. The maximum atomic E-state index is 8.07. The highest BCUT2D eigenvalue weighted by Gasteiger charge is 1.75. The SMILES string of the molecule is O/N=c1\ccss1. The fourth-order valence-corrected chi connectivity index (χ4v) is 1.72. The van der Waals surface area contributed by atoms with E-state index in [0.29, 0.717) is 4.67 Å². The van der Waals surface area contributed by atoms with Crippen LogP contribution in [0.5, 0.6) is 0 Å². The Bertz CT molecular complexity index is 172. The summed E-state index contributed by atoms with van der Waals surface area (Å²) >= 11 is 0. The van der Waals surface area contributed by atoms with E-state index in [9.17, 15) is 0 Å². The van der Waals surface area contributed by atoms with Gasteiger partial charge < -0.3 is 5.21 Å². The van der Waals surface area contributed by atoms with Gasteiger partial charge in [0.25, 0.3) is 0 Å². The molecule has 0 spiro atoms. The predicted octanol–water partition coefficient (Wildman–Crippen LogP) is 1.10. The molecule has 0 amide bonds. The Morgan fingerprint density at radius 2 is 2.57 bits per heavy atom. The van der Waals surface area contributed by atoms with Crippen molar-refractivity contribution in [2.75, 3.05) is 0 Å². The van der Waals surface area contributed by atoms with Gasteiger partial charge in [-0.1, -0.05) is 25.8 Å². The molecule has 4 heteroatoms. The molecule has 0 atom stereocenters. The second-order valence-electron chi connectivity index (χ2n) is 0.921. The Morgan fingerprint density at radius 3 is 2.86 bits per heavy atom. The molecule has 1 rings (SSSR count). The molecule has 1 N–H and O–H groups in total. The first-order valence-electron chi connectivity index (χ1n) is 1.65. The molecule has 0 saturated heterocycles. The third-order valence-electron chi connectivity index (χ3n) is 0.498. The van der Waals surface area contributed by atoms with Crippen molar-refractivity contribution in [3.63, 3.8) is 0 Å². The molecule has 0 aliphatic carbocycles. The van der Waals surface area contributed by atoms with Gasteiger partial charge in [0.1, 0.15) is 0 Å². The van der Waals surface area contributed by atoms with Crippen molar-refractivity contribution in [3.05, 3.63) is 16.1 Å². The third kappa shape index (κ3) is 1.01. The normalized spacial score (nSPS) is 12.3. The summed E-state index contributed by atoms with van der Waals surface area (Å²) in [6.45, 7) is 0. The third-order valence-corrected chi connectivity index (χ3v) is 2.36. The minimum atomic E-state index is 0.671. The van der Waals surface area contributed by atoms with Crippen molar-refractivity contribution in [2.24, 2.45) is 5.16 Å². The Hall–Kier alpha value is -0.350. The van der Waals surface area contributed by atoms with E-state index in [4.69, 9.17) is 5.21 Å². The van der Waals surface area contributed by atoms with Crippen LogP contribution in [0.1, 0.15) is 0 Å². The number of rotatable bonds is 0. The minimum absolute atomic E-state index is 0.671. The summed E-state index contributed by atoms with van der Waals surface area (Å²) < 4.78 is 0.671. The summed E-state index contributed by atoms with van der Waals surface area (Å²) in [5, 5.41) is 12.9. The van der Waals surface area contributed by atoms with Gasteiger partial charge in [0.2, 0.25) is 0 Å². The molecular formula is C3H3NOS2. The van der Waals surface area contributed by atoms with Crippen molar-refractivity contribution in [1.29, 1.82) is 0 Å². The van der Waals surface area contributed by atoms with Crippen molar-refractivity contribution >= 4 is 20.7 Å². The summed E-state index contributed by atoms with van der Waals surface area (Å²) in [7, 11) is 3.00.